The van der Waals surface area contributed by atoms with Crippen molar-refractivity contribution in [1.29, 1.82) is 0 Å². The molecule has 0 aliphatic carbocycles. The zero-order valence-electron chi connectivity index (χ0n) is 20.4. The summed E-state index contributed by atoms with van der Waals surface area (Å²) in [6.45, 7) is 7.39. The topological polar surface area (TPSA) is 86.8 Å². The third kappa shape index (κ3) is 7.46. The normalized spacial score (nSPS) is 13.1. The Morgan fingerprint density at radius 1 is 1.06 bits per heavy atom. The van der Waals surface area contributed by atoms with Crippen molar-refractivity contribution in [3.63, 3.8) is 0 Å². The number of anilines is 1. The monoisotopic (exact) mass is 507 g/mol. The van der Waals surface area contributed by atoms with E-state index in [1.165, 1.54) is 11.0 Å². The van der Waals surface area contributed by atoms with Crippen LogP contribution in [-0.4, -0.2) is 50.0 Å². The highest BCUT2D eigenvalue weighted by Crippen LogP contribution is 2.23. The highest BCUT2D eigenvalue weighted by molar-refractivity contribution is 7.92. The van der Waals surface area contributed by atoms with E-state index in [-0.39, 0.29) is 24.2 Å². The molecule has 0 heterocycles. The first-order valence-corrected chi connectivity index (χ1v) is 13.6. The van der Waals surface area contributed by atoms with E-state index in [0.717, 1.165) is 28.1 Å². The molecule has 2 unspecified atom stereocenters. The molecule has 0 spiro atoms. The van der Waals surface area contributed by atoms with E-state index < -0.39 is 28.5 Å². The van der Waals surface area contributed by atoms with Gasteiger partial charge in [-0.1, -0.05) is 55.8 Å². The van der Waals surface area contributed by atoms with Gasteiger partial charge in [-0.3, -0.25) is 13.9 Å². The van der Waals surface area contributed by atoms with E-state index in [9.17, 15) is 18.0 Å². The van der Waals surface area contributed by atoms with E-state index in [2.05, 4.69) is 5.32 Å². The molecular weight excluding hydrogens is 474 g/mol. The fourth-order valence-corrected chi connectivity index (χ4v) is 4.60. The number of benzene rings is 2. The molecular formula is C25H34ClN3O4S. The van der Waals surface area contributed by atoms with Crippen molar-refractivity contribution in [3.8, 4) is 0 Å². The van der Waals surface area contributed by atoms with E-state index in [1.54, 1.807) is 18.2 Å². The maximum atomic E-state index is 13.6. The summed E-state index contributed by atoms with van der Waals surface area (Å²) in [5, 5.41) is 3.31. The predicted octanol–water partition coefficient (Wildman–Crippen LogP) is 4.14. The van der Waals surface area contributed by atoms with Gasteiger partial charge in [0.2, 0.25) is 21.8 Å². The minimum Gasteiger partial charge on any atom is -0.352 e. The van der Waals surface area contributed by atoms with E-state index in [1.807, 2.05) is 52.0 Å². The van der Waals surface area contributed by atoms with Crippen LogP contribution >= 0.6 is 11.6 Å². The van der Waals surface area contributed by atoms with E-state index in [0.29, 0.717) is 11.4 Å². The van der Waals surface area contributed by atoms with Crippen molar-refractivity contribution in [2.45, 2.75) is 59.2 Å². The first-order valence-electron chi connectivity index (χ1n) is 11.4. The largest absolute Gasteiger partial charge is 0.352 e. The van der Waals surface area contributed by atoms with Crippen molar-refractivity contribution in [3.05, 3.63) is 64.7 Å². The van der Waals surface area contributed by atoms with Crippen LogP contribution in [0.15, 0.2) is 48.5 Å². The van der Waals surface area contributed by atoms with Crippen LogP contribution in [0.4, 0.5) is 5.69 Å². The number of amides is 2. The van der Waals surface area contributed by atoms with Gasteiger partial charge in [-0.2, -0.15) is 0 Å². The SMILES string of the molecule is CCC(C)NC(=O)C(CC)N(Cc1ccccc1C)C(=O)CN(c1cccc(Cl)c1)S(C)(=O)=O. The van der Waals surface area contributed by atoms with Crippen molar-refractivity contribution in [2.24, 2.45) is 0 Å². The average Bonchev–Trinajstić information content (AvgIpc) is 2.77. The summed E-state index contributed by atoms with van der Waals surface area (Å²) in [5.74, 6) is -0.729. The molecule has 0 saturated heterocycles. The lowest BCUT2D eigenvalue weighted by Crippen LogP contribution is -2.53. The van der Waals surface area contributed by atoms with Crippen LogP contribution in [0.3, 0.4) is 0 Å². The highest BCUT2D eigenvalue weighted by Gasteiger charge is 2.32. The molecule has 1 N–H and O–H groups in total. The number of rotatable bonds is 11. The summed E-state index contributed by atoms with van der Waals surface area (Å²) in [4.78, 5) is 28.2. The summed E-state index contributed by atoms with van der Waals surface area (Å²) in [5.41, 5.74) is 2.16. The number of hydrogen-bond acceptors (Lipinski definition) is 4. The van der Waals surface area contributed by atoms with Crippen LogP contribution in [0.1, 0.15) is 44.7 Å². The Hall–Kier alpha value is -2.58. The average molecular weight is 508 g/mol. The molecule has 9 heteroatoms. The van der Waals surface area contributed by atoms with Gasteiger partial charge in [-0.15, -0.1) is 0 Å². The molecule has 0 aromatic heterocycles. The molecule has 2 atom stereocenters. The maximum Gasteiger partial charge on any atom is 0.244 e. The lowest BCUT2D eigenvalue weighted by molar-refractivity contribution is -0.140. The number of hydrogen-bond donors (Lipinski definition) is 1. The molecule has 0 radical (unpaired) electrons. The van der Waals surface area contributed by atoms with Gasteiger partial charge in [0.1, 0.15) is 12.6 Å². The van der Waals surface area contributed by atoms with Gasteiger partial charge >= 0.3 is 0 Å². The Balaban J connectivity index is 2.45. The first-order chi connectivity index (χ1) is 16.0. The summed E-state index contributed by atoms with van der Waals surface area (Å²) in [7, 11) is -3.79. The number of sulfonamides is 1. The van der Waals surface area contributed by atoms with Gasteiger partial charge in [0.05, 0.1) is 11.9 Å². The molecule has 0 fully saturated rings. The lowest BCUT2D eigenvalue weighted by atomic mass is 10.1. The molecule has 7 nitrogen and oxygen atoms in total. The number of nitrogens with one attached hydrogen (secondary N) is 1. The van der Waals surface area contributed by atoms with Gasteiger partial charge in [-0.05, 0) is 56.0 Å². The number of carbonyl (C=O) groups excluding carboxylic acids is 2. The highest BCUT2D eigenvalue weighted by atomic mass is 35.5. The lowest BCUT2D eigenvalue weighted by Gasteiger charge is -2.33. The molecule has 2 aromatic carbocycles. The number of nitrogens with zero attached hydrogens (tertiary/aromatic N) is 2. The molecule has 34 heavy (non-hydrogen) atoms. The number of aryl methyl sites for hydroxylation is 1. The fraction of sp³-hybridized carbons (Fsp3) is 0.440. The second-order valence-electron chi connectivity index (χ2n) is 8.44. The molecule has 0 bridgehead atoms. The number of carbonyl (C=O) groups is 2. The minimum absolute atomic E-state index is 0.0454. The Kier molecular flexibility index (Phi) is 9.94. The maximum absolute atomic E-state index is 13.6. The van der Waals surface area contributed by atoms with Crippen molar-refractivity contribution >= 4 is 39.1 Å². The van der Waals surface area contributed by atoms with Crippen LogP contribution in [-0.2, 0) is 26.2 Å². The Bertz CT molecular complexity index is 1110. The Morgan fingerprint density at radius 3 is 2.29 bits per heavy atom. The molecule has 2 rings (SSSR count). The molecule has 0 aliphatic rings. The second kappa shape index (κ2) is 12.2. The molecule has 2 amide bonds. The van der Waals surface area contributed by atoms with Crippen LogP contribution in [0.2, 0.25) is 5.02 Å². The van der Waals surface area contributed by atoms with Crippen molar-refractivity contribution < 1.29 is 18.0 Å². The second-order valence-corrected chi connectivity index (χ2v) is 10.8. The summed E-state index contributed by atoms with van der Waals surface area (Å²) in [6, 6.07) is 13.2. The van der Waals surface area contributed by atoms with Crippen LogP contribution in [0.5, 0.6) is 0 Å². The third-order valence-corrected chi connectivity index (χ3v) is 7.14. The molecule has 2 aromatic rings. The molecule has 186 valence electrons. The zero-order valence-corrected chi connectivity index (χ0v) is 22.0. The van der Waals surface area contributed by atoms with Crippen LogP contribution in [0, 0.1) is 6.92 Å². The Labute approximate surface area is 208 Å². The van der Waals surface area contributed by atoms with Gasteiger partial charge in [-0.25, -0.2) is 8.42 Å². The van der Waals surface area contributed by atoms with Crippen LogP contribution in [0.25, 0.3) is 0 Å². The quantitative estimate of drug-likeness (QED) is 0.495. The zero-order chi connectivity index (χ0) is 25.5. The first kappa shape index (κ1) is 27.7. The Morgan fingerprint density at radius 2 is 1.74 bits per heavy atom. The molecule has 0 saturated carbocycles. The standard InChI is InChI=1S/C25H34ClN3O4S/c1-6-19(4)27-25(31)23(7-2)28(16-20-12-9-8-11-18(20)3)24(30)17-29(34(5,32)33)22-14-10-13-21(26)15-22/h8-15,19,23H,6-7,16-17H2,1-5H3,(H,27,31). The third-order valence-electron chi connectivity index (χ3n) is 5.76. The van der Waals surface area contributed by atoms with Gasteiger partial charge in [0, 0.05) is 17.6 Å². The van der Waals surface area contributed by atoms with Crippen molar-refractivity contribution in [1.82, 2.24) is 10.2 Å². The van der Waals surface area contributed by atoms with E-state index in [4.69, 9.17) is 11.6 Å². The molecule has 0 aliphatic heterocycles. The smallest absolute Gasteiger partial charge is 0.244 e. The van der Waals surface area contributed by atoms with Crippen LogP contribution < -0.4 is 9.62 Å². The fourth-order valence-electron chi connectivity index (χ4n) is 3.58. The summed E-state index contributed by atoms with van der Waals surface area (Å²) < 4.78 is 26.2. The predicted molar refractivity (Wildman–Crippen MR) is 137 cm³/mol. The van der Waals surface area contributed by atoms with Crippen molar-refractivity contribution in [2.75, 3.05) is 17.1 Å². The summed E-state index contributed by atoms with van der Waals surface area (Å²) >= 11 is 6.07. The van der Waals surface area contributed by atoms with Gasteiger partial charge in [0.25, 0.3) is 0 Å². The van der Waals surface area contributed by atoms with Gasteiger partial charge in [0.15, 0.2) is 0 Å². The van der Waals surface area contributed by atoms with E-state index >= 15 is 0 Å². The number of halogens is 1. The summed E-state index contributed by atoms with van der Waals surface area (Å²) in [6.07, 6.45) is 2.18. The minimum atomic E-state index is -3.79. The van der Waals surface area contributed by atoms with Gasteiger partial charge < -0.3 is 10.2 Å².